The summed E-state index contributed by atoms with van der Waals surface area (Å²) in [5.74, 6) is 4.27. The molecule has 0 aliphatic carbocycles. The molecule has 0 fully saturated rings. The fraction of sp³-hybridized carbons (Fsp3) is 0.368. The van der Waals surface area contributed by atoms with Crippen LogP contribution in [0.1, 0.15) is 45.5 Å². The van der Waals surface area contributed by atoms with E-state index in [2.05, 4.69) is 48.2 Å². The number of nitrogens with zero attached hydrogens (tertiary/aromatic N) is 2. The van der Waals surface area contributed by atoms with Crippen molar-refractivity contribution in [2.45, 2.75) is 37.8 Å². The molecule has 0 unspecified atom stereocenters. The zero-order valence-electron chi connectivity index (χ0n) is 27.9. The Labute approximate surface area is 276 Å². The van der Waals surface area contributed by atoms with Crippen molar-refractivity contribution in [3.8, 4) is 51.7 Å². The number of fused-ring (bicyclic) bond motifs is 2. The number of phenolic OH excluding ortho intramolecular Hbond substituents is 1. The van der Waals surface area contributed by atoms with E-state index in [4.69, 9.17) is 28.4 Å². The summed E-state index contributed by atoms with van der Waals surface area (Å²) >= 11 is 0. The van der Waals surface area contributed by atoms with Crippen LogP contribution in [0.15, 0.2) is 54.6 Å². The molecule has 6 bridgehead atoms. The summed E-state index contributed by atoms with van der Waals surface area (Å²) in [6.07, 6.45) is 3.03. The minimum absolute atomic E-state index is 0.0420. The standard InChI is InChI=1S/C38H42N2O7/c1-39-15-13-23-19-31(43-4)32-21-27(23)28(39)17-22-7-10-26(11-8-22)46-37-30(42-3)12-9-25(36(37)45-6)18-29-34-24(14-16-40(29)2)20-33(44-5)35(41)38(34)47-32/h7-12,19-21,28-29,41H,13-18H2,1-6H3/t28-,29+/m0/s1. The average Bonchev–Trinajstić information content (AvgIpc) is 3.08. The summed E-state index contributed by atoms with van der Waals surface area (Å²) in [5.41, 5.74) is 6.50. The molecule has 4 aliphatic rings. The van der Waals surface area contributed by atoms with Crippen LogP contribution in [0, 0.1) is 0 Å². The smallest absolute Gasteiger partial charge is 0.211 e. The van der Waals surface area contributed by atoms with Gasteiger partial charge in [-0.2, -0.15) is 0 Å². The fourth-order valence-electron chi connectivity index (χ4n) is 7.37. The Morgan fingerprint density at radius 2 is 1.34 bits per heavy atom. The van der Waals surface area contributed by atoms with E-state index < -0.39 is 0 Å². The number of likely N-dealkylation sites (N-methyl/N-ethyl adjacent to an activating group) is 2. The number of methoxy groups -OCH3 is 4. The minimum Gasteiger partial charge on any atom is -0.502 e. The first-order valence-electron chi connectivity index (χ1n) is 16.1. The second kappa shape index (κ2) is 12.5. The summed E-state index contributed by atoms with van der Waals surface area (Å²) in [5, 5.41) is 11.7. The summed E-state index contributed by atoms with van der Waals surface area (Å²) in [7, 11) is 10.8. The van der Waals surface area contributed by atoms with Crippen molar-refractivity contribution < 1.29 is 33.5 Å². The molecule has 9 nitrogen and oxygen atoms in total. The highest BCUT2D eigenvalue weighted by Crippen LogP contribution is 2.52. The number of phenols is 1. The van der Waals surface area contributed by atoms with Gasteiger partial charge in [-0.05, 0) is 98.4 Å². The van der Waals surface area contributed by atoms with Crippen LogP contribution >= 0.6 is 0 Å². The van der Waals surface area contributed by atoms with Crippen LogP contribution < -0.4 is 28.4 Å². The molecule has 9 heteroatoms. The molecule has 0 spiro atoms. The predicted molar refractivity (Wildman–Crippen MR) is 179 cm³/mol. The van der Waals surface area contributed by atoms with Crippen LogP contribution in [-0.2, 0) is 25.7 Å². The maximum absolute atomic E-state index is 11.7. The van der Waals surface area contributed by atoms with Crippen molar-refractivity contribution in [3.05, 3.63) is 88.0 Å². The topological polar surface area (TPSA) is 82.1 Å². The van der Waals surface area contributed by atoms with Gasteiger partial charge in [0.1, 0.15) is 5.75 Å². The molecule has 0 saturated carbocycles. The lowest BCUT2D eigenvalue weighted by Gasteiger charge is -2.37. The van der Waals surface area contributed by atoms with Crippen molar-refractivity contribution >= 4 is 0 Å². The number of ether oxygens (including phenoxy) is 6. The Hall–Kier alpha value is -4.60. The first-order valence-corrected chi connectivity index (χ1v) is 16.1. The molecule has 47 heavy (non-hydrogen) atoms. The van der Waals surface area contributed by atoms with Gasteiger partial charge in [-0.25, -0.2) is 0 Å². The zero-order chi connectivity index (χ0) is 32.8. The van der Waals surface area contributed by atoms with E-state index >= 15 is 0 Å². The van der Waals surface area contributed by atoms with Gasteiger partial charge in [0.05, 0.1) is 28.4 Å². The van der Waals surface area contributed by atoms with Gasteiger partial charge in [0.2, 0.25) is 11.5 Å². The highest BCUT2D eigenvalue weighted by Gasteiger charge is 2.35. The monoisotopic (exact) mass is 638 g/mol. The van der Waals surface area contributed by atoms with E-state index in [1.807, 2.05) is 30.3 Å². The normalized spacial score (nSPS) is 19.0. The second-order valence-corrected chi connectivity index (χ2v) is 12.6. The Morgan fingerprint density at radius 3 is 2.04 bits per heavy atom. The van der Waals surface area contributed by atoms with E-state index in [-0.39, 0.29) is 17.8 Å². The quantitative estimate of drug-likeness (QED) is 0.258. The van der Waals surface area contributed by atoms with E-state index in [1.54, 1.807) is 28.4 Å². The summed E-state index contributed by atoms with van der Waals surface area (Å²) in [6.45, 7) is 1.74. The largest absolute Gasteiger partial charge is 0.502 e. The van der Waals surface area contributed by atoms with Gasteiger partial charge in [0, 0.05) is 36.3 Å². The van der Waals surface area contributed by atoms with Crippen molar-refractivity contribution in [1.82, 2.24) is 9.80 Å². The molecule has 4 heterocycles. The lowest BCUT2D eigenvalue weighted by atomic mass is 9.87. The van der Waals surface area contributed by atoms with Crippen LogP contribution in [-0.4, -0.2) is 70.5 Å². The second-order valence-electron chi connectivity index (χ2n) is 12.6. The van der Waals surface area contributed by atoms with Crippen LogP contribution in [0.3, 0.4) is 0 Å². The molecule has 0 amide bonds. The first kappa shape index (κ1) is 31.0. The number of aromatic hydroxyl groups is 1. The molecule has 2 atom stereocenters. The molecule has 4 aromatic rings. The number of hydrogen-bond acceptors (Lipinski definition) is 9. The maximum Gasteiger partial charge on any atom is 0.211 e. The van der Waals surface area contributed by atoms with Gasteiger partial charge < -0.3 is 33.5 Å². The van der Waals surface area contributed by atoms with Gasteiger partial charge in [0.15, 0.2) is 34.5 Å². The first-order chi connectivity index (χ1) is 22.8. The summed E-state index contributed by atoms with van der Waals surface area (Å²) in [4.78, 5) is 4.68. The maximum atomic E-state index is 11.7. The Kier molecular flexibility index (Phi) is 8.28. The third-order valence-corrected chi connectivity index (χ3v) is 9.99. The Balaban J connectivity index is 1.48. The van der Waals surface area contributed by atoms with Crippen LogP contribution in [0.5, 0.6) is 51.7 Å². The number of hydrogen-bond donors (Lipinski definition) is 1. The van der Waals surface area contributed by atoms with E-state index in [1.165, 1.54) is 16.7 Å². The summed E-state index contributed by atoms with van der Waals surface area (Å²) in [6, 6.07) is 18.2. The summed E-state index contributed by atoms with van der Waals surface area (Å²) < 4.78 is 36.7. The lowest BCUT2D eigenvalue weighted by Crippen LogP contribution is -2.34. The Bertz CT molecular complexity index is 1810. The molecule has 1 N–H and O–H groups in total. The van der Waals surface area contributed by atoms with Gasteiger partial charge in [-0.1, -0.05) is 18.2 Å². The van der Waals surface area contributed by atoms with Crippen LogP contribution in [0.25, 0.3) is 0 Å². The molecule has 0 aromatic heterocycles. The van der Waals surface area contributed by atoms with Gasteiger partial charge in [0.25, 0.3) is 0 Å². The van der Waals surface area contributed by atoms with Crippen LogP contribution in [0.4, 0.5) is 0 Å². The SMILES string of the molecule is COc1cc2c3cc1Oc1c(O)c(OC)cc4c1[C@@H](Cc1ccc(OC)c(c1OC)Oc1ccc(cc1)C[C@@H]3N(C)CC2)N(C)CC4. The molecule has 246 valence electrons. The molecule has 8 rings (SSSR count). The zero-order valence-corrected chi connectivity index (χ0v) is 27.9. The molecule has 0 radical (unpaired) electrons. The van der Waals surface area contributed by atoms with Crippen LogP contribution in [0.2, 0.25) is 0 Å². The van der Waals surface area contributed by atoms with E-state index in [0.29, 0.717) is 52.4 Å². The molecule has 4 aliphatic heterocycles. The molecular formula is C38H42N2O7. The van der Waals surface area contributed by atoms with Crippen molar-refractivity contribution in [2.24, 2.45) is 0 Å². The van der Waals surface area contributed by atoms with Crippen molar-refractivity contribution in [3.63, 3.8) is 0 Å². The molecule has 4 aromatic carbocycles. The third-order valence-electron chi connectivity index (χ3n) is 9.99. The van der Waals surface area contributed by atoms with E-state index in [9.17, 15) is 5.11 Å². The molecule has 0 saturated heterocycles. The van der Waals surface area contributed by atoms with Gasteiger partial charge in [-0.3, -0.25) is 9.80 Å². The highest BCUT2D eigenvalue weighted by atomic mass is 16.5. The molecular weight excluding hydrogens is 596 g/mol. The number of benzene rings is 4. The average molecular weight is 639 g/mol. The fourth-order valence-corrected chi connectivity index (χ4v) is 7.37. The van der Waals surface area contributed by atoms with Gasteiger partial charge >= 0.3 is 0 Å². The van der Waals surface area contributed by atoms with E-state index in [0.717, 1.165) is 49.0 Å². The third kappa shape index (κ3) is 5.47. The number of rotatable bonds is 4. The minimum atomic E-state index is -0.165. The van der Waals surface area contributed by atoms with Gasteiger partial charge in [-0.15, -0.1) is 0 Å². The predicted octanol–water partition coefficient (Wildman–Crippen LogP) is 6.87. The van der Waals surface area contributed by atoms with Crippen molar-refractivity contribution in [1.29, 1.82) is 0 Å². The Morgan fingerprint density at radius 1 is 0.660 bits per heavy atom. The lowest BCUT2D eigenvalue weighted by molar-refractivity contribution is 0.219. The van der Waals surface area contributed by atoms with Crippen molar-refractivity contribution in [2.75, 3.05) is 55.6 Å². The highest BCUT2D eigenvalue weighted by molar-refractivity contribution is 5.64.